The number of hydrogen-bond donors (Lipinski definition) is 2. The normalized spacial score (nSPS) is 14.6. The van der Waals surface area contributed by atoms with E-state index in [9.17, 15) is 19.5 Å². The number of fused-ring (bicyclic) bond motifs is 1. The van der Waals surface area contributed by atoms with E-state index in [0.29, 0.717) is 42.2 Å². The fraction of sp³-hybridized carbons (Fsp3) is 0.243. The van der Waals surface area contributed by atoms with Crippen molar-refractivity contribution in [3.8, 4) is 22.8 Å². The lowest BCUT2D eigenvalue weighted by Crippen LogP contribution is -2.59. The largest absolute Gasteiger partial charge is 0.494 e. The van der Waals surface area contributed by atoms with E-state index in [0.717, 1.165) is 10.9 Å². The predicted molar refractivity (Wildman–Crippen MR) is 181 cm³/mol. The number of carbonyl (C=O) groups is 3. The van der Waals surface area contributed by atoms with Crippen molar-refractivity contribution in [3.63, 3.8) is 0 Å². The second kappa shape index (κ2) is 13.6. The fourth-order valence-corrected chi connectivity index (χ4v) is 6.16. The quantitative estimate of drug-likeness (QED) is 0.210. The first-order valence-electron chi connectivity index (χ1n) is 15.8. The number of piperazine rings is 1. The van der Waals surface area contributed by atoms with Crippen LogP contribution in [0.15, 0.2) is 85.1 Å². The molecule has 10 nitrogen and oxygen atoms in total. The first kappa shape index (κ1) is 32.2. The molecule has 48 heavy (non-hydrogen) atoms. The summed E-state index contributed by atoms with van der Waals surface area (Å²) in [6.07, 6.45) is 1.60. The van der Waals surface area contributed by atoms with Crippen LogP contribution in [0, 0.1) is 12.7 Å². The summed E-state index contributed by atoms with van der Waals surface area (Å²) in [5.74, 6) is -1.22. The smallest absolute Gasteiger partial charge is 0.336 e. The van der Waals surface area contributed by atoms with Crippen molar-refractivity contribution in [2.24, 2.45) is 0 Å². The van der Waals surface area contributed by atoms with Gasteiger partial charge in [0, 0.05) is 51.1 Å². The molecule has 2 amide bonds. The molecule has 0 aliphatic carbocycles. The van der Waals surface area contributed by atoms with E-state index < -0.39 is 17.8 Å². The molecule has 1 aliphatic heterocycles. The molecule has 2 heterocycles. The minimum Gasteiger partial charge on any atom is -0.494 e. The Labute approximate surface area is 277 Å². The Morgan fingerprint density at radius 2 is 1.81 bits per heavy atom. The highest BCUT2D eigenvalue weighted by Crippen LogP contribution is 2.31. The number of imidazole rings is 1. The van der Waals surface area contributed by atoms with Gasteiger partial charge in [-0.2, -0.15) is 0 Å². The molecule has 246 valence electrons. The number of anilines is 1. The highest BCUT2D eigenvalue weighted by atomic mass is 19.1. The van der Waals surface area contributed by atoms with Gasteiger partial charge in [0.1, 0.15) is 23.1 Å². The van der Waals surface area contributed by atoms with Gasteiger partial charge in [0.2, 0.25) is 5.91 Å². The van der Waals surface area contributed by atoms with Crippen LogP contribution in [0.1, 0.15) is 40.3 Å². The highest BCUT2D eigenvalue weighted by molar-refractivity contribution is 6.05. The average Bonchev–Trinajstić information content (AvgIpc) is 3.52. The number of hydrogen-bond acceptors (Lipinski definition) is 6. The Balaban J connectivity index is 1.36. The van der Waals surface area contributed by atoms with Crippen molar-refractivity contribution >= 4 is 34.2 Å². The minimum atomic E-state index is -1.03. The van der Waals surface area contributed by atoms with Crippen molar-refractivity contribution in [1.82, 2.24) is 19.8 Å². The number of aromatic carboxylic acids is 1. The summed E-state index contributed by atoms with van der Waals surface area (Å²) in [7, 11) is 0. The standard InChI is InChI=1S/C37H36FN5O5/c1-4-48-29-10-7-9-26(18-29)43-22-34(40-35(43)31-13-12-23(2)16-33(31)38)36(45)42-15-14-41(21-28(42)20-39-24(3)44)27-17-25-8-5-6-11-30(25)32(19-27)37(46)47/h5-13,16-19,22,28H,4,14-15,20-21H2,1-3H3,(H,39,44)(H,46,47)/t28-/m0/s1. The molecule has 0 spiro atoms. The summed E-state index contributed by atoms with van der Waals surface area (Å²) in [5.41, 5.74) is 2.66. The summed E-state index contributed by atoms with van der Waals surface area (Å²) >= 11 is 0. The number of rotatable bonds is 9. The Morgan fingerprint density at radius 1 is 1.00 bits per heavy atom. The van der Waals surface area contributed by atoms with Crippen LogP contribution in [-0.4, -0.2) is 76.2 Å². The van der Waals surface area contributed by atoms with Gasteiger partial charge in [-0.25, -0.2) is 14.2 Å². The lowest BCUT2D eigenvalue weighted by Gasteiger charge is -2.42. The van der Waals surface area contributed by atoms with Gasteiger partial charge >= 0.3 is 5.97 Å². The van der Waals surface area contributed by atoms with E-state index in [2.05, 4.69) is 5.32 Å². The first-order chi connectivity index (χ1) is 23.1. The van der Waals surface area contributed by atoms with Crippen LogP contribution < -0.4 is 15.0 Å². The number of aromatic nitrogens is 2. The van der Waals surface area contributed by atoms with Crippen LogP contribution in [0.25, 0.3) is 27.8 Å². The maximum absolute atomic E-state index is 15.4. The molecule has 1 fully saturated rings. The number of nitrogens with zero attached hydrogens (tertiary/aromatic N) is 4. The van der Waals surface area contributed by atoms with Gasteiger partial charge in [-0.3, -0.25) is 14.2 Å². The Bertz CT molecular complexity index is 2030. The van der Waals surface area contributed by atoms with Gasteiger partial charge < -0.3 is 25.0 Å². The van der Waals surface area contributed by atoms with Crippen LogP contribution >= 0.6 is 0 Å². The van der Waals surface area contributed by atoms with Gasteiger partial charge in [-0.05, 0) is 66.6 Å². The molecule has 0 unspecified atom stereocenters. The van der Waals surface area contributed by atoms with E-state index in [1.165, 1.54) is 13.0 Å². The predicted octanol–water partition coefficient (Wildman–Crippen LogP) is 5.70. The summed E-state index contributed by atoms with van der Waals surface area (Å²) in [6.45, 7) is 6.76. The van der Waals surface area contributed by atoms with Crippen LogP contribution in [0.4, 0.5) is 10.1 Å². The SMILES string of the molecule is CCOc1cccc(-n2cc(C(=O)N3CCN(c4cc(C(=O)O)c5ccccc5c4)C[C@@H]3CNC(C)=O)nc2-c2ccc(C)cc2F)c1. The van der Waals surface area contributed by atoms with E-state index in [1.54, 1.807) is 52.9 Å². The lowest BCUT2D eigenvalue weighted by molar-refractivity contribution is -0.119. The molecule has 1 aromatic heterocycles. The summed E-state index contributed by atoms with van der Waals surface area (Å²) < 4.78 is 22.7. The maximum Gasteiger partial charge on any atom is 0.336 e. The molecule has 4 aromatic carbocycles. The van der Waals surface area contributed by atoms with Gasteiger partial charge in [0.25, 0.3) is 5.91 Å². The molecular formula is C37H36FN5O5. The van der Waals surface area contributed by atoms with Crippen LogP contribution in [-0.2, 0) is 4.79 Å². The van der Waals surface area contributed by atoms with Crippen molar-refractivity contribution in [2.75, 3.05) is 37.7 Å². The molecular weight excluding hydrogens is 613 g/mol. The monoisotopic (exact) mass is 649 g/mol. The number of amides is 2. The third kappa shape index (κ3) is 6.57. The van der Waals surface area contributed by atoms with Gasteiger partial charge in [-0.1, -0.05) is 36.4 Å². The number of benzene rings is 4. The van der Waals surface area contributed by atoms with E-state index in [1.807, 2.05) is 54.3 Å². The van der Waals surface area contributed by atoms with E-state index >= 15 is 4.39 Å². The number of halogens is 1. The maximum atomic E-state index is 15.4. The molecule has 0 saturated carbocycles. The fourth-order valence-electron chi connectivity index (χ4n) is 6.16. The van der Waals surface area contributed by atoms with Crippen molar-refractivity contribution in [1.29, 1.82) is 0 Å². The molecule has 1 saturated heterocycles. The zero-order chi connectivity index (χ0) is 33.9. The van der Waals surface area contributed by atoms with Crippen LogP contribution in [0.5, 0.6) is 5.75 Å². The second-order valence-electron chi connectivity index (χ2n) is 11.8. The zero-order valence-electron chi connectivity index (χ0n) is 26.9. The molecule has 5 aromatic rings. The highest BCUT2D eigenvalue weighted by Gasteiger charge is 2.34. The Hall–Kier alpha value is -5.71. The van der Waals surface area contributed by atoms with Gasteiger partial charge in [0.15, 0.2) is 0 Å². The number of carbonyl (C=O) groups excluding carboxylic acids is 2. The molecule has 1 aliphatic rings. The van der Waals surface area contributed by atoms with Crippen molar-refractivity contribution in [3.05, 3.63) is 108 Å². The van der Waals surface area contributed by atoms with Gasteiger partial charge in [0.05, 0.1) is 29.5 Å². The third-order valence-corrected chi connectivity index (χ3v) is 8.47. The molecule has 0 bridgehead atoms. The second-order valence-corrected chi connectivity index (χ2v) is 11.8. The molecule has 6 rings (SSSR count). The van der Waals surface area contributed by atoms with Crippen LogP contribution in [0.2, 0.25) is 0 Å². The number of nitrogens with one attached hydrogen (secondary N) is 1. The number of ether oxygens (including phenoxy) is 1. The van der Waals surface area contributed by atoms with Crippen LogP contribution in [0.3, 0.4) is 0 Å². The molecule has 11 heteroatoms. The number of aryl methyl sites for hydroxylation is 1. The summed E-state index contributed by atoms with van der Waals surface area (Å²) in [6, 6.07) is 22.6. The summed E-state index contributed by atoms with van der Waals surface area (Å²) in [5, 5.41) is 14.2. The molecule has 0 radical (unpaired) electrons. The summed E-state index contributed by atoms with van der Waals surface area (Å²) in [4.78, 5) is 46.8. The molecule has 1 atom stereocenters. The topological polar surface area (TPSA) is 117 Å². The van der Waals surface area contributed by atoms with Gasteiger partial charge in [-0.15, -0.1) is 0 Å². The third-order valence-electron chi connectivity index (χ3n) is 8.47. The average molecular weight is 650 g/mol. The minimum absolute atomic E-state index is 0.118. The zero-order valence-corrected chi connectivity index (χ0v) is 26.9. The number of carboxylic acid groups (broad SMARTS) is 1. The van der Waals surface area contributed by atoms with E-state index in [4.69, 9.17) is 9.72 Å². The molecule has 2 N–H and O–H groups in total. The number of carboxylic acids is 1. The Morgan fingerprint density at radius 3 is 2.56 bits per heavy atom. The lowest BCUT2D eigenvalue weighted by atomic mass is 10.0. The first-order valence-corrected chi connectivity index (χ1v) is 15.8. The van der Waals surface area contributed by atoms with Crippen molar-refractivity contribution < 1.29 is 28.6 Å². The van der Waals surface area contributed by atoms with E-state index in [-0.39, 0.29) is 47.5 Å². The van der Waals surface area contributed by atoms with Crippen molar-refractivity contribution in [2.45, 2.75) is 26.8 Å². The Kier molecular flexibility index (Phi) is 9.11.